The van der Waals surface area contributed by atoms with Crippen LogP contribution in [0.15, 0.2) is 40.9 Å². The third-order valence-corrected chi connectivity index (χ3v) is 4.31. The molecule has 0 radical (unpaired) electrons. The van der Waals surface area contributed by atoms with Gasteiger partial charge in [-0.25, -0.2) is 4.39 Å². The molecule has 1 aliphatic heterocycles. The van der Waals surface area contributed by atoms with Crippen LogP contribution in [0.1, 0.15) is 28.2 Å². The minimum absolute atomic E-state index is 0.136. The lowest BCUT2D eigenvalue weighted by atomic mass is 10.1. The highest BCUT2D eigenvalue weighted by molar-refractivity contribution is 6.08. The predicted octanol–water partition coefficient (Wildman–Crippen LogP) is 3.87. The van der Waals surface area contributed by atoms with Crippen LogP contribution in [0.5, 0.6) is 0 Å². The van der Waals surface area contributed by atoms with Crippen LogP contribution in [0.2, 0.25) is 0 Å². The summed E-state index contributed by atoms with van der Waals surface area (Å²) >= 11 is 0. The molecule has 1 aromatic carbocycles. The van der Waals surface area contributed by atoms with Gasteiger partial charge in [0.05, 0.1) is 11.4 Å². The molecule has 0 unspecified atom stereocenters. The smallest absolute Gasteiger partial charge is 0.294 e. The van der Waals surface area contributed by atoms with Gasteiger partial charge in [-0.3, -0.25) is 9.78 Å². The van der Waals surface area contributed by atoms with Crippen molar-refractivity contribution in [2.24, 2.45) is 0 Å². The van der Waals surface area contributed by atoms with E-state index in [-0.39, 0.29) is 17.3 Å². The van der Waals surface area contributed by atoms with E-state index in [1.165, 1.54) is 6.07 Å². The highest BCUT2D eigenvalue weighted by atomic mass is 19.1. The first-order valence-electron chi connectivity index (χ1n) is 7.60. The molecule has 1 aliphatic rings. The summed E-state index contributed by atoms with van der Waals surface area (Å²) in [5.41, 5.74) is 2.52. The van der Waals surface area contributed by atoms with Crippen molar-refractivity contribution in [1.82, 2.24) is 4.98 Å². The number of amides is 1. The molecule has 3 heterocycles. The fourth-order valence-electron chi connectivity index (χ4n) is 3.14. The number of benzene rings is 1. The van der Waals surface area contributed by atoms with Gasteiger partial charge in [-0.15, -0.1) is 0 Å². The van der Waals surface area contributed by atoms with Gasteiger partial charge in [0.25, 0.3) is 5.91 Å². The van der Waals surface area contributed by atoms with Gasteiger partial charge in [0, 0.05) is 23.7 Å². The molecule has 0 saturated heterocycles. The molecule has 116 valence electrons. The number of pyridine rings is 1. The second-order valence-electron chi connectivity index (χ2n) is 5.70. The lowest BCUT2D eigenvalue weighted by Crippen LogP contribution is -2.35. The largest absolute Gasteiger partial charge is 0.448 e. The topological polar surface area (TPSA) is 46.3 Å². The van der Waals surface area contributed by atoms with Crippen molar-refractivity contribution in [3.63, 3.8) is 0 Å². The van der Waals surface area contributed by atoms with Crippen molar-refractivity contribution < 1.29 is 13.6 Å². The zero-order chi connectivity index (χ0) is 16.0. The average molecular weight is 310 g/mol. The van der Waals surface area contributed by atoms with Crippen molar-refractivity contribution in [2.45, 2.75) is 19.8 Å². The van der Waals surface area contributed by atoms with E-state index in [1.54, 1.807) is 30.2 Å². The summed E-state index contributed by atoms with van der Waals surface area (Å²) in [7, 11) is 0. The van der Waals surface area contributed by atoms with Crippen LogP contribution in [-0.2, 0) is 6.42 Å². The Kier molecular flexibility index (Phi) is 3.15. The van der Waals surface area contributed by atoms with E-state index in [4.69, 9.17) is 4.42 Å². The predicted molar refractivity (Wildman–Crippen MR) is 85.1 cm³/mol. The van der Waals surface area contributed by atoms with Gasteiger partial charge in [-0.2, -0.15) is 0 Å². The normalized spacial score (nSPS) is 14.1. The van der Waals surface area contributed by atoms with E-state index in [1.807, 2.05) is 12.1 Å². The van der Waals surface area contributed by atoms with Gasteiger partial charge >= 0.3 is 0 Å². The van der Waals surface area contributed by atoms with Crippen LogP contribution >= 0.6 is 0 Å². The Morgan fingerprint density at radius 2 is 2.17 bits per heavy atom. The zero-order valence-corrected chi connectivity index (χ0v) is 12.7. The van der Waals surface area contributed by atoms with Crippen molar-refractivity contribution >= 4 is 22.6 Å². The molecule has 0 bridgehead atoms. The van der Waals surface area contributed by atoms with Crippen LogP contribution in [0.25, 0.3) is 11.0 Å². The first kappa shape index (κ1) is 13.9. The fourth-order valence-corrected chi connectivity index (χ4v) is 3.14. The number of fused-ring (bicyclic) bond motifs is 2. The van der Waals surface area contributed by atoms with Crippen molar-refractivity contribution in [3.05, 3.63) is 59.4 Å². The Labute approximate surface area is 132 Å². The molecule has 23 heavy (non-hydrogen) atoms. The molecular weight excluding hydrogens is 295 g/mol. The number of hydrogen-bond acceptors (Lipinski definition) is 3. The van der Waals surface area contributed by atoms with Gasteiger partial charge in [0.1, 0.15) is 0 Å². The fraction of sp³-hybridized carbons (Fsp3) is 0.222. The van der Waals surface area contributed by atoms with E-state index in [2.05, 4.69) is 4.98 Å². The minimum Gasteiger partial charge on any atom is -0.448 e. The van der Waals surface area contributed by atoms with E-state index < -0.39 is 5.82 Å². The van der Waals surface area contributed by atoms with Gasteiger partial charge < -0.3 is 9.32 Å². The van der Waals surface area contributed by atoms with Crippen LogP contribution in [-0.4, -0.2) is 17.4 Å². The number of carbonyl (C=O) groups is 1. The third-order valence-electron chi connectivity index (χ3n) is 4.31. The second-order valence-corrected chi connectivity index (χ2v) is 5.70. The quantitative estimate of drug-likeness (QED) is 0.685. The Morgan fingerprint density at radius 1 is 1.30 bits per heavy atom. The number of aromatic nitrogens is 1. The van der Waals surface area contributed by atoms with Gasteiger partial charge in [-0.05, 0) is 38.0 Å². The first-order chi connectivity index (χ1) is 11.2. The summed E-state index contributed by atoms with van der Waals surface area (Å²) in [4.78, 5) is 19.0. The first-order valence-corrected chi connectivity index (χ1v) is 7.60. The average Bonchev–Trinajstić information content (AvgIpc) is 2.92. The lowest BCUT2D eigenvalue weighted by molar-refractivity contribution is 0.0959. The Balaban J connectivity index is 1.82. The molecule has 0 atom stereocenters. The Morgan fingerprint density at radius 3 is 3.00 bits per heavy atom. The van der Waals surface area contributed by atoms with Crippen LogP contribution in [0.3, 0.4) is 0 Å². The second kappa shape index (κ2) is 5.19. The SMILES string of the molecule is Cc1c(C(=O)N2CCCc3ncccc32)oc2c(F)cccc12. The van der Waals surface area contributed by atoms with Gasteiger partial charge in [0.15, 0.2) is 17.2 Å². The van der Waals surface area contributed by atoms with Crippen molar-refractivity contribution in [1.29, 1.82) is 0 Å². The van der Waals surface area contributed by atoms with Crippen LogP contribution < -0.4 is 4.90 Å². The molecule has 1 amide bonds. The number of halogens is 1. The summed E-state index contributed by atoms with van der Waals surface area (Å²) in [5, 5.41) is 0.636. The van der Waals surface area contributed by atoms with Crippen molar-refractivity contribution in [3.8, 4) is 0 Å². The Hall–Kier alpha value is -2.69. The van der Waals surface area contributed by atoms with E-state index >= 15 is 0 Å². The number of nitrogens with zero attached hydrogens (tertiary/aromatic N) is 2. The summed E-state index contributed by atoms with van der Waals surface area (Å²) in [5.74, 6) is -0.501. The molecule has 0 aliphatic carbocycles. The summed E-state index contributed by atoms with van der Waals surface area (Å²) in [6, 6.07) is 8.42. The van der Waals surface area contributed by atoms with Crippen molar-refractivity contribution in [2.75, 3.05) is 11.4 Å². The molecule has 0 spiro atoms. The van der Waals surface area contributed by atoms with E-state index in [9.17, 15) is 9.18 Å². The number of anilines is 1. The number of para-hydroxylation sites is 1. The number of furan rings is 1. The molecule has 5 heteroatoms. The highest BCUT2D eigenvalue weighted by Crippen LogP contribution is 2.31. The molecule has 2 aromatic heterocycles. The van der Waals surface area contributed by atoms with Crippen LogP contribution in [0, 0.1) is 12.7 Å². The van der Waals surface area contributed by atoms with Gasteiger partial charge in [0.2, 0.25) is 0 Å². The molecule has 0 N–H and O–H groups in total. The minimum atomic E-state index is -0.453. The van der Waals surface area contributed by atoms with E-state index in [0.29, 0.717) is 17.5 Å². The maximum Gasteiger partial charge on any atom is 0.294 e. The summed E-state index contributed by atoms with van der Waals surface area (Å²) in [6.45, 7) is 2.39. The maximum atomic E-state index is 13.9. The summed E-state index contributed by atoms with van der Waals surface area (Å²) < 4.78 is 19.5. The molecular formula is C18H15FN2O2. The molecule has 4 rings (SSSR count). The number of aryl methyl sites for hydroxylation is 2. The monoisotopic (exact) mass is 310 g/mol. The number of rotatable bonds is 1. The zero-order valence-electron chi connectivity index (χ0n) is 12.7. The standard InChI is InChI=1S/C18H15FN2O2/c1-11-12-5-2-6-13(19)17(12)23-16(11)18(22)21-10-4-7-14-15(21)8-3-9-20-14/h2-3,5-6,8-9H,4,7,10H2,1H3. The van der Waals surface area contributed by atoms with E-state index in [0.717, 1.165) is 24.2 Å². The molecule has 4 nitrogen and oxygen atoms in total. The lowest BCUT2D eigenvalue weighted by Gasteiger charge is -2.28. The number of hydrogen-bond donors (Lipinski definition) is 0. The van der Waals surface area contributed by atoms with Crippen LogP contribution in [0.4, 0.5) is 10.1 Å². The summed E-state index contributed by atoms with van der Waals surface area (Å²) in [6.07, 6.45) is 3.44. The van der Waals surface area contributed by atoms with Gasteiger partial charge in [-0.1, -0.05) is 12.1 Å². The maximum absolute atomic E-state index is 13.9. The number of carbonyl (C=O) groups excluding carboxylic acids is 1. The molecule has 0 saturated carbocycles. The molecule has 0 fully saturated rings. The third kappa shape index (κ3) is 2.11. The molecule has 3 aromatic rings. The Bertz CT molecular complexity index is 917. The highest BCUT2D eigenvalue weighted by Gasteiger charge is 2.28.